The van der Waals surface area contributed by atoms with Gasteiger partial charge in [-0.3, -0.25) is 4.90 Å². The Labute approximate surface area is 159 Å². The minimum Gasteiger partial charge on any atom is -0.344 e. The first-order chi connectivity index (χ1) is 12.5. The Bertz CT molecular complexity index is 945. The Morgan fingerprint density at radius 3 is 2.58 bits per heavy atom. The standard InChI is InChI=1S/C22H24ClFN2/c1-14-12-21-22(15(2)25(14)3)19-13-17(23)6-9-20(19)26(21)11-10-16-4-7-18(24)8-5-16/h4-9,13-15H,10-12H2,1-3H3. The van der Waals surface area contributed by atoms with Gasteiger partial charge < -0.3 is 4.57 Å². The Balaban J connectivity index is 1.79. The first-order valence-electron chi connectivity index (χ1n) is 9.22. The second-order valence-electron chi connectivity index (χ2n) is 7.44. The van der Waals surface area contributed by atoms with E-state index in [1.807, 2.05) is 18.2 Å². The molecule has 136 valence electrons. The highest BCUT2D eigenvalue weighted by molar-refractivity contribution is 6.31. The number of halogens is 2. The van der Waals surface area contributed by atoms with Crippen LogP contribution in [0, 0.1) is 5.82 Å². The summed E-state index contributed by atoms with van der Waals surface area (Å²) in [7, 11) is 2.20. The fraction of sp³-hybridized carbons (Fsp3) is 0.364. The van der Waals surface area contributed by atoms with Gasteiger partial charge in [0.05, 0.1) is 0 Å². The molecule has 3 aromatic rings. The summed E-state index contributed by atoms with van der Waals surface area (Å²) in [6.07, 6.45) is 1.92. The maximum atomic E-state index is 13.2. The zero-order valence-electron chi connectivity index (χ0n) is 15.5. The van der Waals surface area contributed by atoms with Gasteiger partial charge in [0, 0.05) is 46.7 Å². The van der Waals surface area contributed by atoms with Gasteiger partial charge in [-0.25, -0.2) is 4.39 Å². The Hall–Kier alpha value is -1.84. The molecule has 0 saturated carbocycles. The maximum absolute atomic E-state index is 13.2. The Kier molecular flexibility index (Phi) is 4.54. The number of hydrogen-bond acceptors (Lipinski definition) is 1. The summed E-state index contributed by atoms with van der Waals surface area (Å²) < 4.78 is 15.6. The summed E-state index contributed by atoms with van der Waals surface area (Å²) in [6.45, 7) is 5.45. The molecule has 26 heavy (non-hydrogen) atoms. The average molecular weight is 371 g/mol. The fourth-order valence-electron chi connectivity index (χ4n) is 4.25. The molecule has 0 bridgehead atoms. The zero-order chi connectivity index (χ0) is 18.4. The molecule has 2 atom stereocenters. The Morgan fingerprint density at radius 1 is 1.12 bits per heavy atom. The van der Waals surface area contributed by atoms with Gasteiger partial charge in [-0.15, -0.1) is 0 Å². The van der Waals surface area contributed by atoms with Crippen molar-refractivity contribution in [2.24, 2.45) is 0 Å². The molecule has 0 saturated heterocycles. The van der Waals surface area contributed by atoms with Crippen molar-refractivity contribution >= 4 is 22.5 Å². The summed E-state index contributed by atoms with van der Waals surface area (Å²) in [4.78, 5) is 2.44. The molecule has 2 heterocycles. The molecule has 0 fully saturated rings. The van der Waals surface area contributed by atoms with E-state index in [1.165, 1.54) is 34.3 Å². The van der Waals surface area contributed by atoms with Crippen LogP contribution in [0.25, 0.3) is 10.9 Å². The number of benzene rings is 2. The number of aryl methyl sites for hydroxylation is 2. The zero-order valence-corrected chi connectivity index (χ0v) is 16.2. The van der Waals surface area contributed by atoms with Crippen molar-refractivity contribution in [2.45, 2.75) is 45.3 Å². The van der Waals surface area contributed by atoms with E-state index in [2.05, 4.69) is 42.5 Å². The number of rotatable bonds is 3. The smallest absolute Gasteiger partial charge is 0.123 e. The summed E-state index contributed by atoms with van der Waals surface area (Å²) >= 11 is 6.31. The first-order valence-corrected chi connectivity index (χ1v) is 9.60. The van der Waals surface area contributed by atoms with E-state index in [9.17, 15) is 4.39 Å². The molecule has 2 aromatic carbocycles. The van der Waals surface area contributed by atoms with Gasteiger partial charge in [-0.1, -0.05) is 23.7 Å². The molecule has 1 aliphatic rings. The van der Waals surface area contributed by atoms with Crippen LogP contribution in [0.5, 0.6) is 0 Å². The third kappa shape index (κ3) is 2.93. The quantitative estimate of drug-likeness (QED) is 0.581. The maximum Gasteiger partial charge on any atom is 0.123 e. The van der Waals surface area contributed by atoms with Gasteiger partial charge in [0.1, 0.15) is 5.82 Å². The van der Waals surface area contributed by atoms with Crippen molar-refractivity contribution in [3.8, 4) is 0 Å². The van der Waals surface area contributed by atoms with Crippen molar-refractivity contribution in [1.82, 2.24) is 9.47 Å². The normalized spacial score (nSPS) is 20.5. The lowest BCUT2D eigenvalue weighted by molar-refractivity contribution is 0.177. The minimum absolute atomic E-state index is 0.183. The highest BCUT2D eigenvalue weighted by atomic mass is 35.5. The minimum atomic E-state index is -0.183. The van der Waals surface area contributed by atoms with Crippen molar-refractivity contribution in [3.05, 3.63) is 70.1 Å². The molecule has 2 unspecified atom stereocenters. The summed E-state index contributed by atoms with van der Waals surface area (Å²) in [5.74, 6) is -0.183. The van der Waals surface area contributed by atoms with Gasteiger partial charge in [0.25, 0.3) is 0 Å². The van der Waals surface area contributed by atoms with Gasteiger partial charge in [-0.05, 0) is 68.8 Å². The van der Waals surface area contributed by atoms with E-state index in [-0.39, 0.29) is 5.82 Å². The SMILES string of the molecule is CC1Cc2c(c3cc(Cl)ccc3n2CCc2ccc(F)cc2)C(C)N1C. The topological polar surface area (TPSA) is 8.17 Å². The van der Waals surface area contributed by atoms with E-state index in [0.29, 0.717) is 12.1 Å². The molecule has 4 rings (SSSR count). The summed E-state index contributed by atoms with van der Waals surface area (Å²) in [5.41, 5.74) is 5.23. The van der Waals surface area contributed by atoms with Crippen LogP contribution >= 0.6 is 11.6 Å². The molecule has 1 aliphatic heterocycles. The van der Waals surface area contributed by atoms with Crippen molar-refractivity contribution in [1.29, 1.82) is 0 Å². The van der Waals surface area contributed by atoms with Crippen LogP contribution in [0.2, 0.25) is 5.02 Å². The number of hydrogen-bond donors (Lipinski definition) is 0. The van der Waals surface area contributed by atoms with E-state index in [4.69, 9.17) is 11.6 Å². The molecule has 0 spiro atoms. The van der Waals surface area contributed by atoms with Gasteiger partial charge in [0.15, 0.2) is 0 Å². The average Bonchev–Trinajstić information content (AvgIpc) is 2.92. The van der Waals surface area contributed by atoms with Gasteiger partial charge >= 0.3 is 0 Å². The van der Waals surface area contributed by atoms with Crippen LogP contribution in [0.4, 0.5) is 4.39 Å². The molecule has 1 aromatic heterocycles. The van der Waals surface area contributed by atoms with Crippen molar-refractivity contribution in [2.75, 3.05) is 7.05 Å². The molecule has 0 amide bonds. The van der Waals surface area contributed by atoms with Crippen LogP contribution in [0.3, 0.4) is 0 Å². The second-order valence-corrected chi connectivity index (χ2v) is 7.88. The summed E-state index contributed by atoms with van der Waals surface area (Å²) in [6, 6.07) is 13.9. The number of nitrogens with zero attached hydrogens (tertiary/aromatic N) is 2. The van der Waals surface area contributed by atoms with Gasteiger partial charge in [-0.2, -0.15) is 0 Å². The van der Waals surface area contributed by atoms with E-state index >= 15 is 0 Å². The third-order valence-corrected chi connectivity index (χ3v) is 6.16. The second kappa shape index (κ2) is 6.71. The van der Waals surface area contributed by atoms with Crippen molar-refractivity contribution in [3.63, 3.8) is 0 Å². The van der Waals surface area contributed by atoms with E-state index in [1.54, 1.807) is 0 Å². The molecule has 4 heteroatoms. The van der Waals surface area contributed by atoms with Crippen LogP contribution in [-0.2, 0) is 19.4 Å². The lowest BCUT2D eigenvalue weighted by Crippen LogP contribution is -2.38. The summed E-state index contributed by atoms with van der Waals surface area (Å²) in [5, 5.41) is 2.04. The largest absolute Gasteiger partial charge is 0.344 e. The molecule has 2 nitrogen and oxygen atoms in total. The van der Waals surface area contributed by atoms with Crippen LogP contribution < -0.4 is 0 Å². The van der Waals surface area contributed by atoms with Gasteiger partial charge in [0.2, 0.25) is 0 Å². The molecule has 0 aliphatic carbocycles. The monoisotopic (exact) mass is 370 g/mol. The Morgan fingerprint density at radius 2 is 1.85 bits per heavy atom. The number of aromatic nitrogens is 1. The third-order valence-electron chi connectivity index (χ3n) is 5.93. The van der Waals surface area contributed by atoms with Crippen LogP contribution in [0.15, 0.2) is 42.5 Å². The molecule has 0 radical (unpaired) electrons. The van der Waals surface area contributed by atoms with E-state index in [0.717, 1.165) is 30.0 Å². The number of fused-ring (bicyclic) bond motifs is 3. The van der Waals surface area contributed by atoms with Crippen LogP contribution in [0.1, 0.15) is 36.7 Å². The number of likely N-dealkylation sites (N-methyl/N-ethyl adjacent to an activating group) is 1. The van der Waals surface area contributed by atoms with Crippen molar-refractivity contribution < 1.29 is 4.39 Å². The van der Waals surface area contributed by atoms with Crippen LogP contribution in [-0.4, -0.2) is 22.6 Å². The predicted octanol–water partition coefficient (Wildman–Crippen LogP) is 5.61. The predicted molar refractivity (Wildman–Crippen MR) is 106 cm³/mol. The molecular weight excluding hydrogens is 347 g/mol. The highest BCUT2D eigenvalue weighted by Crippen LogP contribution is 2.40. The van der Waals surface area contributed by atoms with E-state index < -0.39 is 0 Å². The lowest BCUT2D eigenvalue weighted by atomic mass is 9.93. The molecule has 0 N–H and O–H groups in total. The lowest BCUT2D eigenvalue weighted by Gasteiger charge is -2.37. The fourth-order valence-corrected chi connectivity index (χ4v) is 4.42. The first kappa shape index (κ1) is 17.6. The molecular formula is C22H24ClFN2. The highest BCUT2D eigenvalue weighted by Gasteiger charge is 2.31.